The molecular weight excluding hydrogens is 390 g/mol. The number of rotatable bonds is 6. The van der Waals surface area contributed by atoms with Gasteiger partial charge in [0, 0.05) is 26.6 Å². The van der Waals surface area contributed by atoms with Crippen LogP contribution in [0.5, 0.6) is 0 Å². The first kappa shape index (κ1) is 20.2. The molecule has 2 aromatic carbocycles. The molecule has 0 atom stereocenters. The summed E-state index contributed by atoms with van der Waals surface area (Å²) in [7, 11) is 0. The Labute approximate surface area is 166 Å². The number of thioether (sulfide) groups is 1. The van der Waals surface area contributed by atoms with Crippen LogP contribution < -0.4 is 0 Å². The smallest absolute Gasteiger partial charge is 0.303 e. The molecule has 0 bridgehead atoms. The Bertz CT molecular complexity index is 802. The SMILES string of the molecule is O=C(O)CC[C@H]1CC[C@](Sc2ccc(Cl)cc2)(c2cc(F)ccc2F)CC1. The van der Waals surface area contributed by atoms with E-state index in [-0.39, 0.29) is 6.42 Å². The molecule has 1 saturated carbocycles. The van der Waals surface area contributed by atoms with Crippen molar-refractivity contribution in [3.8, 4) is 0 Å². The lowest BCUT2D eigenvalue weighted by Crippen LogP contribution is -2.30. The summed E-state index contributed by atoms with van der Waals surface area (Å²) in [6.07, 6.45) is 3.71. The average molecular weight is 411 g/mol. The maximum Gasteiger partial charge on any atom is 0.303 e. The molecule has 0 saturated heterocycles. The van der Waals surface area contributed by atoms with E-state index < -0.39 is 22.4 Å². The molecule has 1 aliphatic rings. The fourth-order valence-corrected chi connectivity index (χ4v) is 5.32. The number of halogens is 3. The maximum absolute atomic E-state index is 14.6. The van der Waals surface area contributed by atoms with Crippen LogP contribution in [0.1, 0.15) is 44.1 Å². The Morgan fingerprint density at radius 3 is 2.44 bits per heavy atom. The summed E-state index contributed by atoms with van der Waals surface area (Å²) in [5.74, 6) is -1.34. The van der Waals surface area contributed by atoms with E-state index in [2.05, 4.69) is 0 Å². The van der Waals surface area contributed by atoms with E-state index in [9.17, 15) is 13.6 Å². The second kappa shape index (κ2) is 8.61. The minimum Gasteiger partial charge on any atom is -0.481 e. The number of carboxylic acids is 1. The van der Waals surface area contributed by atoms with E-state index in [1.54, 1.807) is 23.9 Å². The van der Waals surface area contributed by atoms with Gasteiger partial charge >= 0.3 is 5.97 Å². The monoisotopic (exact) mass is 410 g/mol. The third kappa shape index (κ3) is 5.02. The molecule has 1 aliphatic carbocycles. The number of carbonyl (C=O) groups is 1. The molecule has 2 nitrogen and oxygen atoms in total. The summed E-state index contributed by atoms with van der Waals surface area (Å²) in [6.45, 7) is 0. The van der Waals surface area contributed by atoms with Crippen molar-refractivity contribution in [2.24, 2.45) is 5.92 Å². The minimum absolute atomic E-state index is 0.149. The van der Waals surface area contributed by atoms with Crippen molar-refractivity contribution in [3.63, 3.8) is 0 Å². The van der Waals surface area contributed by atoms with Gasteiger partial charge in [0.1, 0.15) is 11.6 Å². The molecule has 1 N–H and O–H groups in total. The van der Waals surface area contributed by atoms with Crippen molar-refractivity contribution in [1.82, 2.24) is 0 Å². The van der Waals surface area contributed by atoms with Gasteiger partial charge < -0.3 is 5.11 Å². The third-order valence-corrected chi connectivity index (χ3v) is 7.00. The summed E-state index contributed by atoms with van der Waals surface area (Å²) in [5, 5.41) is 9.53. The summed E-state index contributed by atoms with van der Waals surface area (Å²) >= 11 is 7.51. The van der Waals surface area contributed by atoms with Crippen LogP contribution in [0.15, 0.2) is 47.4 Å². The van der Waals surface area contributed by atoms with Gasteiger partial charge in [-0.2, -0.15) is 0 Å². The summed E-state index contributed by atoms with van der Waals surface area (Å²) < 4.78 is 28.0. The molecule has 0 unspecified atom stereocenters. The molecular formula is C21H21ClF2O2S. The van der Waals surface area contributed by atoms with Crippen molar-refractivity contribution in [2.45, 2.75) is 48.2 Å². The Morgan fingerprint density at radius 2 is 1.81 bits per heavy atom. The molecule has 0 spiro atoms. The van der Waals surface area contributed by atoms with Gasteiger partial charge in [-0.05, 0) is 80.5 Å². The predicted molar refractivity (Wildman–Crippen MR) is 104 cm³/mol. The fraction of sp³-hybridized carbons (Fsp3) is 0.381. The molecule has 0 heterocycles. The fourth-order valence-electron chi connectivity index (χ4n) is 3.76. The largest absolute Gasteiger partial charge is 0.481 e. The van der Waals surface area contributed by atoms with Crippen LogP contribution in [-0.4, -0.2) is 11.1 Å². The van der Waals surface area contributed by atoms with Crippen LogP contribution in [0.2, 0.25) is 5.02 Å². The van der Waals surface area contributed by atoms with Crippen LogP contribution in [-0.2, 0) is 9.54 Å². The predicted octanol–water partition coefficient (Wildman–Crippen LogP) is 6.66. The zero-order valence-electron chi connectivity index (χ0n) is 14.8. The summed E-state index contributed by atoms with van der Waals surface area (Å²) in [6, 6.07) is 11.0. The molecule has 0 aromatic heterocycles. The van der Waals surface area contributed by atoms with Crippen LogP contribution in [0, 0.1) is 17.6 Å². The van der Waals surface area contributed by atoms with E-state index in [0.717, 1.165) is 23.8 Å². The van der Waals surface area contributed by atoms with E-state index in [1.165, 1.54) is 12.1 Å². The van der Waals surface area contributed by atoms with Crippen LogP contribution in [0.25, 0.3) is 0 Å². The van der Waals surface area contributed by atoms with Gasteiger partial charge in [0.15, 0.2) is 0 Å². The third-order valence-electron chi connectivity index (χ3n) is 5.23. The topological polar surface area (TPSA) is 37.3 Å². The lowest BCUT2D eigenvalue weighted by molar-refractivity contribution is -0.137. The standard InChI is InChI=1S/C21H21ClF2O2S/c22-15-2-5-17(6-3-15)27-21(18-13-16(23)4-7-19(18)24)11-9-14(10-12-21)1-8-20(25)26/h2-7,13-14H,1,8-12H2,(H,25,26)/t14-,21+. The molecule has 6 heteroatoms. The highest BCUT2D eigenvalue weighted by atomic mass is 35.5. The van der Waals surface area contributed by atoms with E-state index in [0.29, 0.717) is 35.8 Å². The molecule has 144 valence electrons. The number of benzene rings is 2. The first-order valence-electron chi connectivity index (χ1n) is 9.00. The second-order valence-electron chi connectivity index (χ2n) is 7.05. The van der Waals surface area contributed by atoms with Crippen LogP contribution in [0.3, 0.4) is 0 Å². The molecule has 2 aromatic rings. The Hall–Kier alpha value is -1.59. The van der Waals surface area contributed by atoms with Crippen molar-refractivity contribution in [2.75, 3.05) is 0 Å². The summed E-state index contributed by atoms with van der Waals surface area (Å²) in [5.41, 5.74) is 0.388. The number of aliphatic carboxylic acids is 1. The number of carboxylic acid groups (broad SMARTS) is 1. The first-order chi connectivity index (χ1) is 12.9. The molecule has 3 rings (SSSR count). The van der Waals surface area contributed by atoms with Gasteiger partial charge in [-0.25, -0.2) is 8.78 Å². The van der Waals surface area contributed by atoms with Gasteiger partial charge in [-0.3, -0.25) is 4.79 Å². The maximum atomic E-state index is 14.6. The average Bonchev–Trinajstić information content (AvgIpc) is 2.65. The molecule has 0 radical (unpaired) electrons. The normalized spacial score (nSPS) is 22.6. The Balaban J connectivity index is 1.87. The molecule has 0 aliphatic heterocycles. The second-order valence-corrected chi connectivity index (χ2v) is 8.94. The van der Waals surface area contributed by atoms with Gasteiger partial charge in [0.05, 0.1) is 0 Å². The lowest BCUT2D eigenvalue weighted by Gasteiger charge is -2.40. The van der Waals surface area contributed by atoms with Crippen molar-refractivity contribution in [3.05, 3.63) is 64.7 Å². The number of hydrogen-bond acceptors (Lipinski definition) is 2. The minimum atomic E-state index is -0.793. The van der Waals surface area contributed by atoms with E-state index in [4.69, 9.17) is 16.7 Å². The van der Waals surface area contributed by atoms with Gasteiger partial charge in [-0.1, -0.05) is 11.6 Å². The van der Waals surface area contributed by atoms with Crippen LogP contribution >= 0.6 is 23.4 Å². The quantitative estimate of drug-likeness (QED) is 0.578. The van der Waals surface area contributed by atoms with Gasteiger partial charge in [0.2, 0.25) is 0 Å². The number of hydrogen-bond donors (Lipinski definition) is 1. The van der Waals surface area contributed by atoms with E-state index >= 15 is 0 Å². The lowest BCUT2D eigenvalue weighted by atomic mass is 9.76. The molecule has 0 amide bonds. The Morgan fingerprint density at radius 1 is 1.15 bits per heavy atom. The highest BCUT2D eigenvalue weighted by Crippen LogP contribution is 2.53. The first-order valence-corrected chi connectivity index (χ1v) is 10.2. The van der Waals surface area contributed by atoms with Crippen molar-refractivity contribution < 1.29 is 18.7 Å². The summed E-state index contributed by atoms with van der Waals surface area (Å²) in [4.78, 5) is 11.8. The van der Waals surface area contributed by atoms with Crippen molar-refractivity contribution >= 4 is 29.3 Å². The van der Waals surface area contributed by atoms with Gasteiger partial charge in [0.25, 0.3) is 0 Å². The van der Waals surface area contributed by atoms with Crippen LogP contribution in [0.4, 0.5) is 8.78 Å². The van der Waals surface area contributed by atoms with Crippen molar-refractivity contribution in [1.29, 1.82) is 0 Å². The highest BCUT2D eigenvalue weighted by Gasteiger charge is 2.40. The molecule has 1 fully saturated rings. The zero-order valence-corrected chi connectivity index (χ0v) is 16.3. The van der Waals surface area contributed by atoms with E-state index in [1.807, 2.05) is 12.1 Å². The highest BCUT2D eigenvalue weighted by molar-refractivity contribution is 8.00. The Kier molecular flexibility index (Phi) is 6.43. The van der Waals surface area contributed by atoms with Gasteiger partial charge in [-0.15, -0.1) is 11.8 Å². The molecule has 27 heavy (non-hydrogen) atoms. The zero-order chi connectivity index (χ0) is 19.4.